The molecule has 0 aliphatic heterocycles. The number of hydrogen-bond donors (Lipinski definition) is 2. The maximum atomic E-state index is 11.3. The molecule has 16 heavy (non-hydrogen) atoms. The van der Waals surface area contributed by atoms with Crippen LogP contribution in [0.15, 0.2) is 34.1 Å². The van der Waals surface area contributed by atoms with Gasteiger partial charge < -0.3 is 6.15 Å². The Morgan fingerprint density at radius 3 is 1.88 bits per heavy atom. The molecule has 0 bridgehead atoms. The summed E-state index contributed by atoms with van der Waals surface area (Å²) in [5.74, 6) is 0. The zero-order valence-electron chi connectivity index (χ0n) is 8.32. The fourth-order valence-corrected chi connectivity index (χ4v) is 2.89. The summed E-state index contributed by atoms with van der Waals surface area (Å²) < 4.78 is 57.2. The van der Waals surface area contributed by atoms with Crippen LogP contribution in [0.5, 0.6) is 0 Å². The van der Waals surface area contributed by atoms with Crippen molar-refractivity contribution in [2.45, 2.75) is 9.79 Å². The lowest BCUT2D eigenvalue weighted by molar-refractivity contribution is 0.395. The lowest BCUT2D eigenvalue weighted by Gasteiger charge is -2.05. The van der Waals surface area contributed by atoms with Crippen molar-refractivity contribution in [2.24, 2.45) is 0 Å². The molecule has 1 rings (SSSR count). The normalized spacial score (nSPS) is 11.9. The van der Waals surface area contributed by atoms with Gasteiger partial charge in [-0.05, 0) is 12.1 Å². The average molecular weight is 269 g/mol. The summed E-state index contributed by atoms with van der Waals surface area (Å²) in [6.45, 7) is 0. The molecular weight excluding hydrogens is 258 g/mol. The molecule has 92 valence electrons. The second-order valence-corrected chi connectivity index (χ2v) is 5.61. The van der Waals surface area contributed by atoms with E-state index in [0.717, 1.165) is 19.2 Å². The van der Waals surface area contributed by atoms with Gasteiger partial charge in [-0.2, -0.15) is 16.8 Å². The summed E-state index contributed by atoms with van der Waals surface area (Å²) in [5.41, 5.74) is 0. The quantitative estimate of drug-likeness (QED) is 0.600. The van der Waals surface area contributed by atoms with Crippen molar-refractivity contribution in [3.8, 4) is 0 Å². The van der Waals surface area contributed by atoms with Crippen LogP contribution in [0.25, 0.3) is 0 Å². The van der Waals surface area contributed by atoms with E-state index in [1.165, 1.54) is 12.1 Å². The summed E-state index contributed by atoms with van der Waals surface area (Å²) in [4.78, 5) is -1.29. The molecule has 0 aliphatic carbocycles. The molecule has 0 heterocycles. The van der Waals surface area contributed by atoms with E-state index in [1.807, 2.05) is 0 Å². The monoisotopic (exact) mass is 269 g/mol. The fourth-order valence-electron chi connectivity index (χ4n) is 0.960. The van der Waals surface area contributed by atoms with Crippen molar-refractivity contribution < 1.29 is 25.6 Å². The van der Waals surface area contributed by atoms with Crippen LogP contribution in [0.2, 0.25) is 0 Å². The van der Waals surface area contributed by atoms with Crippen LogP contribution >= 0.6 is 0 Å². The molecule has 7 nitrogen and oxygen atoms in total. The van der Waals surface area contributed by atoms with E-state index in [-0.39, 0.29) is 6.15 Å². The molecule has 0 aromatic heterocycles. The first-order chi connectivity index (χ1) is 6.79. The van der Waals surface area contributed by atoms with Crippen LogP contribution in [0.4, 0.5) is 0 Å². The highest BCUT2D eigenvalue weighted by Crippen LogP contribution is 2.21. The van der Waals surface area contributed by atoms with E-state index in [9.17, 15) is 16.8 Å². The Labute approximate surface area is 93.5 Å². The molecule has 1 aromatic carbocycles. The zero-order valence-corrected chi connectivity index (χ0v) is 9.95. The third-order valence-electron chi connectivity index (χ3n) is 1.62. The largest absolute Gasteiger partial charge is 0.344 e. The van der Waals surface area contributed by atoms with Gasteiger partial charge in [-0.3, -0.25) is 8.74 Å². The summed E-state index contributed by atoms with van der Waals surface area (Å²) >= 11 is 0. The molecule has 0 saturated carbocycles. The van der Waals surface area contributed by atoms with E-state index < -0.39 is 30.0 Å². The van der Waals surface area contributed by atoms with Crippen LogP contribution in [0.3, 0.4) is 0 Å². The van der Waals surface area contributed by atoms with Crippen LogP contribution in [0, 0.1) is 0 Å². The first-order valence-electron chi connectivity index (χ1n) is 3.66. The lowest BCUT2D eigenvalue weighted by atomic mass is 10.4. The molecular formula is C7H11NO6S2. The van der Waals surface area contributed by atoms with Crippen LogP contribution in [-0.4, -0.2) is 28.5 Å². The highest BCUT2D eigenvalue weighted by atomic mass is 32.2. The summed E-state index contributed by atoms with van der Waals surface area (Å²) in [5, 5.41) is 0. The zero-order chi connectivity index (χ0) is 11.7. The molecule has 4 N–H and O–H groups in total. The Morgan fingerprint density at radius 1 is 1.06 bits per heavy atom. The van der Waals surface area contributed by atoms with Gasteiger partial charge in [0.05, 0.1) is 7.11 Å². The smallest absolute Gasteiger partial charge is 0.298 e. The highest BCUT2D eigenvalue weighted by molar-refractivity contribution is 7.89. The maximum Gasteiger partial charge on any atom is 0.298 e. The Hall–Kier alpha value is -1.00. The topological polar surface area (TPSA) is 133 Å². The minimum absolute atomic E-state index is 0. The molecule has 0 saturated heterocycles. The molecule has 1 aromatic rings. The number of rotatable bonds is 3. The molecule has 0 fully saturated rings. The molecule has 0 aliphatic rings. The Morgan fingerprint density at radius 2 is 1.50 bits per heavy atom. The van der Waals surface area contributed by atoms with Gasteiger partial charge in [0, 0.05) is 0 Å². The minimum Gasteiger partial charge on any atom is -0.344 e. The average Bonchev–Trinajstić information content (AvgIpc) is 2.16. The van der Waals surface area contributed by atoms with Gasteiger partial charge in [-0.1, -0.05) is 12.1 Å². The Balaban J connectivity index is 0.00000225. The molecule has 0 spiro atoms. The standard InChI is InChI=1S/C7H8O6S2.H3N/c1-13-15(11,12)7-5-3-2-4-6(7)14(8,9)10;/h2-5H,1H3,(H,8,9,10);1H3. The van der Waals surface area contributed by atoms with Crippen molar-refractivity contribution in [3.63, 3.8) is 0 Å². The van der Waals surface area contributed by atoms with Crippen molar-refractivity contribution >= 4 is 20.2 Å². The van der Waals surface area contributed by atoms with Gasteiger partial charge in [0.25, 0.3) is 20.2 Å². The third kappa shape index (κ3) is 3.00. The Kier molecular flexibility index (Phi) is 4.58. The number of hydrogen-bond acceptors (Lipinski definition) is 6. The second kappa shape index (κ2) is 4.89. The first kappa shape index (κ1) is 15.0. The van der Waals surface area contributed by atoms with E-state index in [4.69, 9.17) is 4.55 Å². The predicted octanol–water partition coefficient (Wildman–Crippen LogP) is 0.430. The van der Waals surface area contributed by atoms with E-state index in [2.05, 4.69) is 4.18 Å². The number of benzene rings is 1. The predicted molar refractivity (Wildman–Crippen MR) is 55.5 cm³/mol. The fraction of sp³-hybridized carbons (Fsp3) is 0.143. The summed E-state index contributed by atoms with van der Waals surface area (Å²) in [6.07, 6.45) is 0. The van der Waals surface area contributed by atoms with Crippen LogP contribution in [0.1, 0.15) is 0 Å². The van der Waals surface area contributed by atoms with Crippen molar-refractivity contribution in [1.82, 2.24) is 6.15 Å². The van der Waals surface area contributed by atoms with Gasteiger partial charge in [0.15, 0.2) is 0 Å². The van der Waals surface area contributed by atoms with Crippen LogP contribution < -0.4 is 6.15 Å². The van der Waals surface area contributed by atoms with Gasteiger partial charge in [-0.15, -0.1) is 0 Å². The summed E-state index contributed by atoms with van der Waals surface area (Å²) in [7, 11) is -7.84. The van der Waals surface area contributed by atoms with Crippen molar-refractivity contribution in [1.29, 1.82) is 0 Å². The maximum absolute atomic E-state index is 11.3. The summed E-state index contributed by atoms with van der Waals surface area (Å²) in [6, 6.07) is 4.61. The minimum atomic E-state index is -4.59. The SMILES string of the molecule is COS(=O)(=O)c1ccccc1S(=O)(=O)O.N. The first-order valence-corrected chi connectivity index (χ1v) is 6.51. The molecule has 0 amide bonds. The molecule has 0 unspecified atom stereocenters. The third-order valence-corrected chi connectivity index (χ3v) is 3.99. The van der Waals surface area contributed by atoms with E-state index in [1.54, 1.807) is 0 Å². The van der Waals surface area contributed by atoms with Gasteiger partial charge in [-0.25, -0.2) is 0 Å². The second-order valence-electron chi connectivity index (χ2n) is 2.54. The van der Waals surface area contributed by atoms with Gasteiger partial charge in [0.1, 0.15) is 9.79 Å². The van der Waals surface area contributed by atoms with Gasteiger partial charge >= 0.3 is 0 Å². The Bertz CT molecular complexity index is 562. The van der Waals surface area contributed by atoms with Crippen molar-refractivity contribution in [2.75, 3.05) is 7.11 Å². The molecule has 0 atom stereocenters. The lowest BCUT2D eigenvalue weighted by Crippen LogP contribution is -2.10. The van der Waals surface area contributed by atoms with Crippen LogP contribution in [-0.2, 0) is 24.4 Å². The van der Waals surface area contributed by atoms with E-state index in [0.29, 0.717) is 0 Å². The molecule has 0 radical (unpaired) electrons. The highest BCUT2D eigenvalue weighted by Gasteiger charge is 2.24. The van der Waals surface area contributed by atoms with Gasteiger partial charge in [0.2, 0.25) is 0 Å². The van der Waals surface area contributed by atoms with Crippen molar-refractivity contribution in [3.05, 3.63) is 24.3 Å². The molecule has 9 heteroatoms. The van der Waals surface area contributed by atoms with E-state index >= 15 is 0 Å².